The Hall–Kier alpha value is -0.590. The number of carbonyl (C=O) groups is 1. The van der Waals surface area contributed by atoms with Gasteiger partial charge in [-0.25, -0.2) is 0 Å². The number of Topliss-reactive ketones (excluding diaryl/α,β-unsaturated/α-hetero) is 1. The first-order valence-corrected chi connectivity index (χ1v) is 13.3. The molecule has 0 amide bonds. The summed E-state index contributed by atoms with van der Waals surface area (Å²) < 4.78 is 0. The molecule has 0 spiro atoms. The zero-order chi connectivity index (χ0) is 22.7. The molecule has 0 unspecified atom stereocenters. The Morgan fingerprint density at radius 3 is 1.80 bits per heavy atom. The van der Waals surface area contributed by atoms with E-state index in [2.05, 4.69) is 55.4 Å². The third-order valence-electron chi connectivity index (χ3n) is 7.87. The Labute approximate surface area is 189 Å². The molecule has 176 valence electrons. The van der Waals surface area contributed by atoms with Crippen molar-refractivity contribution in [3.8, 4) is 0 Å². The average molecular weight is 419 g/mol. The van der Waals surface area contributed by atoms with E-state index in [0.29, 0.717) is 11.7 Å². The van der Waals surface area contributed by atoms with Gasteiger partial charge in [0.1, 0.15) is 0 Å². The molecule has 0 radical (unpaired) electrons. The molecule has 1 aliphatic carbocycles. The fourth-order valence-electron chi connectivity index (χ4n) is 5.12. The highest BCUT2D eigenvalue weighted by atomic mass is 16.1. The van der Waals surface area contributed by atoms with Crippen LogP contribution in [0.4, 0.5) is 0 Å². The van der Waals surface area contributed by atoms with Gasteiger partial charge in [-0.3, -0.25) is 4.79 Å². The van der Waals surface area contributed by atoms with Crippen LogP contribution >= 0.6 is 0 Å². The maximum absolute atomic E-state index is 12.6. The van der Waals surface area contributed by atoms with Gasteiger partial charge in [-0.2, -0.15) is 0 Å². The maximum atomic E-state index is 12.6. The van der Waals surface area contributed by atoms with Crippen molar-refractivity contribution in [2.45, 2.75) is 132 Å². The molecule has 0 aromatic rings. The van der Waals surface area contributed by atoms with E-state index in [0.717, 1.165) is 36.5 Å². The Morgan fingerprint density at radius 2 is 1.23 bits per heavy atom. The lowest BCUT2D eigenvalue weighted by molar-refractivity contribution is -0.120. The lowest BCUT2D eigenvalue weighted by Crippen LogP contribution is -2.26. The molecular formula is C29H54O. The van der Waals surface area contributed by atoms with Gasteiger partial charge in [0.25, 0.3) is 0 Å². The lowest BCUT2D eigenvalue weighted by Gasteiger charge is -2.28. The minimum absolute atomic E-state index is 0.220. The van der Waals surface area contributed by atoms with Crippen LogP contribution in [-0.4, -0.2) is 5.78 Å². The Morgan fingerprint density at radius 1 is 0.733 bits per heavy atom. The summed E-state index contributed by atoms with van der Waals surface area (Å²) in [5.41, 5.74) is 2.54. The second-order valence-corrected chi connectivity index (χ2v) is 11.6. The SMILES string of the molecule is CC1=C(CC[C@@H](C)CCC[C@@H](C)CC[C@@H](C)CCCCC(C)C)C(=O)[C@H](C)[C@@H](C)C1. The van der Waals surface area contributed by atoms with Crippen LogP contribution < -0.4 is 0 Å². The Balaban J connectivity index is 2.16. The fraction of sp³-hybridized carbons (Fsp3) is 0.897. The van der Waals surface area contributed by atoms with Gasteiger partial charge in [0.2, 0.25) is 0 Å². The number of unbranched alkanes of at least 4 members (excludes halogenated alkanes) is 1. The van der Waals surface area contributed by atoms with Crippen LogP contribution in [-0.2, 0) is 4.79 Å². The molecule has 5 atom stereocenters. The summed E-state index contributed by atoms with van der Waals surface area (Å²) in [6.07, 6.45) is 15.8. The number of carbonyl (C=O) groups excluding carboxylic acids is 1. The summed E-state index contributed by atoms with van der Waals surface area (Å²) in [5, 5.41) is 0. The van der Waals surface area contributed by atoms with Crippen molar-refractivity contribution in [2.75, 3.05) is 0 Å². The van der Waals surface area contributed by atoms with Crippen molar-refractivity contribution in [2.24, 2.45) is 35.5 Å². The van der Waals surface area contributed by atoms with Crippen molar-refractivity contribution < 1.29 is 4.79 Å². The molecule has 0 saturated heterocycles. The first-order chi connectivity index (χ1) is 14.1. The topological polar surface area (TPSA) is 17.1 Å². The zero-order valence-electron chi connectivity index (χ0n) is 21.9. The van der Waals surface area contributed by atoms with E-state index in [9.17, 15) is 4.79 Å². The molecule has 0 aromatic carbocycles. The van der Waals surface area contributed by atoms with Gasteiger partial charge in [0.05, 0.1) is 0 Å². The molecule has 1 rings (SSSR count). The Bertz CT molecular complexity index is 514. The smallest absolute Gasteiger partial charge is 0.161 e. The highest BCUT2D eigenvalue weighted by molar-refractivity contribution is 5.98. The molecule has 30 heavy (non-hydrogen) atoms. The van der Waals surface area contributed by atoms with Crippen molar-refractivity contribution in [3.63, 3.8) is 0 Å². The maximum Gasteiger partial charge on any atom is 0.161 e. The normalized spacial score (nSPS) is 23.2. The number of allylic oxidation sites excluding steroid dienone is 2. The van der Waals surface area contributed by atoms with Crippen LogP contribution in [0.25, 0.3) is 0 Å². The summed E-state index contributed by atoms with van der Waals surface area (Å²) in [6, 6.07) is 0. The van der Waals surface area contributed by atoms with E-state index in [1.54, 1.807) is 0 Å². The lowest BCUT2D eigenvalue weighted by atomic mass is 9.75. The van der Waals surface area contributed by atoms with Gasteiger partial charge in [-0.15, -0.1) is 0 Å². The van der Waals surface area contributed by atoms with Gasteiger partial charge in [-0.1, -0.05) is 112 Å². The minimum Gasteiger partial charge on any atom is -0.294 e. The summed E-state index contributed by atoms with van der Waals surface area (Å²) in [5.74, 6) is 4.53. The molecule has 0 saturated carbocycles. The number of hydrogen-bond donors (Lipinski definition) is 0. The molecule has 1 nitrogen and oxygen atoms in total. The monoisotopic (exact) mass is 418 g/mol. The molecule has 1 aliphatic rings. The third-order valence-corrected chi connectivity index (χ3v) is 7.87. The molecule has 1 heteroatoms. The summed E-state index contributed by atoms with van der Waals surface area (Å²) in [6.45, 7) is 18.5. The summed E-state index contributed by atoms with van der Waals surface area (Å²) in [4.78, 5) is 12.6. The van der Waals surface area contributed by atoms with Crippen LogP contribution in [0.2, 0.25) is 0 Å². The third kappa shape index (κ3) is 10.6. The summed E-state index contributed by atoms with van der Waals surface area (Å²) >= 11 is 0. The van der Waals surface area contributed by atoms with Gasteiger partial charge < -0.3 is 0 Å². The molecule has 0 aromatic heterocycles. The molecule has 0 N–H and O–H groups in total. The molecule has 0 heterocycles. The fourth-order valence-corrected chi connectivity index (χ4v) is 5.12. The van der Waals surface area contributed by atoms with Crippen LogP contribution in [0.3, 0.4) is 0 Å². The predicted octanol–water partition coefficient (Wildman–Crippen LogP) is 9.40. The predicted molar refractivity (Wildman–Crippen MR) is 134 cm³/mol. The van der Waals surface area contributed by atoms with Crippen molar-refractivity contribution in [3.05, 3.63) is 11.1 Å². The number of ketones is 1. The van der Waals surface area contributed by atoms with Gasteiger partial charge >= 0.3 is 0 Å². The second kappa shape index (κ2) is 14.5. The van der Waals surface area contributed by atoms with Crippen LogP contribution in [0, 0.1) is 35.5 Å². The quantitative estimate of drug-likeness (QED) is 0.242. The molecule has 0 bridgehead atoms. The van der Waals surface area contributed by atoms with Gasteiger partial charge in [0, 0.05) is 5.92 Å². The van der Waals surface area contributed by atoms with E-state index >= 15 is 0 Å². The highest BCUT2D eigenvalue weighted by Gasteiger charge is 2.29. The average Bonchev–Trinajstić information content (AvgIpc) is 2.67. The zero-order valence-corrected chi connectivity index (χ0v) is 21.9. The highest BCUT2D eigenvalue weighted by Crippen LogP contribution is 2.34. The van der Waals surface area contributed by atoms with Crippen LogP contribution in [0.15, 0.2) is 11.1 Å². The summed E-state index contributed by atoms with van der Waals surface area (Å²) in [7, 11) is 0. The van der Waals surface area contributed by atoms with E-state index in [4.69, 9.17) is 0 Å². The van der Waals surface area contributed by atoms with Crippen molar-refractivity contribution >= 4 is 5.78 Å². The van der Waals surface area contributed by atoms with E-state index in [1.807, 2.05) is 0 Å². The van der Waals surface area contributed by atoms with Gasteiger partial charge in [0.15, 0.2) is 5.78 Å². The van der Waals surface area contributed by atoms with E-state index in [1.165, 1.54) is 75.4 Å². The van der Waals surface area contributed by atoms with Crippen LogP contribution in [0.5, 0.6) is 0 Å². The number of hydrogen-bond acceptors (Lipinski definition) is 1. The first-order valence-electron chi connectivity index (χ1n) is 13.3. The van der Waals surface area contributed by atoms with Crippen molar-refractivity contribution in [1.29, 1.82) is 0 Å². The molecular weight excluding hydrogens is 364 g/mol. The van der Waals surface area contributed by atoms with E-state index in [-0.39, 0.29) is 5.92 Å². The van der Waals surface area contributed by atoms with Crippen molar-refractivity contribution in [1.82, 2.24) is 0 Å². The largest absolute Gasteiger partial charge is 0.294 e. The van der Waals surface area contributed by atoms with E-state index < -0.39 is 0 Å². The first kappa shape index (κ1) is 27.4. The van der Waals surface area contributed by atoms with Crippen LogP contribution in [0.1, 0.15) is 132 Å². The second-order valence-electron chi connectivity index (χ2n) is 11.6. The molecule has 0 fully saturated rings. The van der Waals surface area contributed by atoms with Gasteiger partial charge in [-0.05, 0) is 61.3 Å². The Kier molecular flexibility index (Phi) is 13.2. The number of rotatable bonds is 15. The standard InChI is InChI=1S/C29H54O/c1-21(2)12-9-10-13-22(3)16-17-23(4)14-11-15-24(5)18-19-28-26(7)20-25(6)27(8)29(28)30/h21-25,27H,9-20H2,1-8H3/t22-,23+,24-,25-,27+/m0/s1. The minimum atomic E-state index is 0.220. The molecule has 0 aliphatic heterocycles.